The first-order chi connectivity index (χ1) is 8.12. The van der Waals surface area contributed by atoms with Crippen molar-refractivity contribution in [1.82, 2.24) is 4.90 Å². The fraction of sp³-hybridized carbons (Fsp3) is 0.800. The molecule has 0 bridgehead atoms. The Kier molecular flexibility index (Phi) is 2.62. The molecule has 1 saturated carbocycles. The zero-order valence-corrected chi connectivity index (χ0v) is 9.33. The lowest BCUT2D eigenvalue weighted by Gasteiger charge is -2.58. The molecule has 1 saturated heterocycles. The Morgan fingerprint density at radius 1 is 1.17 bits per heavy atom. The molecule has 1 aliphatic heterocycles. The summed E-state index contributed by atoms with van der Waals surface area (Å²) < 4.78 is 36.4. The molecule has 8 heteroatoms. The predicted octanol–water partition coefficient (Wildman–Crippen LogP) is 0.377. The number of halogens is 3. The van der Waals surface area contributed by atoms with E-state index in [-0.39, 0.29) is 12.8 Å². The second-order valence-corrected chi connectivity index (χ2v) is 4.93. The number of likely N-dealkylation sites (tertiary alicyclic amines) is 1. The molecule has 0 atom stereocenters. The van der Waals surface area contributed by atoms with Gasteiger partial charge in [0.25, 0.3) is 0 Å². The van der Waals surface area contributed by atoms with Gasteiger partial charge in [0.2, 0.25) is 0 Å². The number of alkyl halides is 3. The number of aliphatic hydroxyl groups is 1. The highest BCUT2D eigenvalue weighted by molar-refractivity contribution is 5.84. The zero-order chi connectivity index (χ0) is 13.8. The minimum atomic E-state index is -4.99. The summed E-state index contributed by atoms with van der Waals surface area (Å²) in [6.07, 6.45) is -3.92. The van der Waals surface area contributed by atoms with Crippen molar-refractivity contribution in [3.63, 3.8) is 0 Å². The number of amides is 1. The highest BCUT2D eigenvalue weighted by Crippen LogP contribution is 2.53. The molecule has 0 aromatic heterocycles. The van der Waals surface area contributed by atoms with Gasteiger partial charge in [-0.1, -0.05) is 6.42 Å². The van der Waals surface area contributed by atoms with Crippen molar-refractivity contribution < 1.29 is 33.0 Å². The summed E-state index contributed by atoms with van der Waals surface area (Å²) in [5.74, 6) is -3.25. The Morgan fingerprint density at radius 2 is 1.67 bits per heavy atom. The van der Waals surface area contributed by atoms with Gasteiger partial charge in [-0.25, -0.2) is 0 Å². The van der Waals surface area contributed by atoms with Crippen molar-refractivity contribution in [2.75, 3.05) is 13.1 Å². The van der Waals surface area contributed by atoms with Crippen LogP contribution in [0.2, 0.25) is 0 Å². The van der Waals surface area contributed by atoms with E-state index in [2.05, 4.69) is 0 Å². The summed E-state index contributed by atoms with van der Waals surface area (Å²) in [4.78, 5) is 22.4. The van der Waals surface area contributed by atoms with E-state index in [0.717, 1.165) is 0 Å². The highest BCUT2D eigenvalue weighted by atomic mass is 19.4. The van der Waals surface area contributed by atoms with Crippen LogP contribution in [-0.2, 0) is 9.59 Å². The molecule has 0 radical (unpaired) electrons. The molecular weight excluding hydrogens is 255 g/mol. The average molecular weight is 267 g/mol. The number of carboxylic acids is 1. The van der Waals surface area contributed by atoms with Crippen molar-refractivity contribution in [2.24, 2.45) is 5.41 Å². The van der Waals surface area contributed by atoms with E-state index in [4.69, 9.17) is 5.11 Å². The minimum Gasteiger partial charge on any atom is -0.481 e. The Morgan fingerprint density at radius 3 is 1.94 bits per heavy atom. The first kappa shape index (κ1) is 13.1. The summed E-state index contributed by atoms with van der Waals surface area (Å²) >= 11 is 0. The molecule has 1 aliphatic carbocycles. The van der Waals surface area contributed by atoms with Crippen molar-refractivity contribution >= 4 is 11.9 Å². The Hall–Kier alpha value is -1.31. The van der Waals surface area contributed by atoms with Gasteiger partial charge in [-0.05, 0) is 12.8 Å². The quantitative estimate of drug-likeness (QED) is 0.758. The molecule has 0 unspecified atom stereocenters. The van der Waals surface area contributed by atoms with Crippen molar-refractivity contribution in [1.29, 1.82) is 0 Å². The molecule has 18 heavy (non-hydrogen) atoms. The molecule has 102 valence electrons. The van der Waals surface area contributed by atoms with Crippen LogP contribution >= 0.6 is 0 Å². The lowest BCUT2D eigenvalue weighted by atomic mass is 9.56. The van der Waals surface area contributed by atoms with Crippen LogP contribution in [-0.4, -0.2) is 51.9 Å². The van der Waals surface area contributed by atoms with E-state index in [0.29, 0.717) is 11.3 Å². The number of nitrogens with zero attached hydrogens (tertiary/aromatic N) is 1. The van der Waals surface area contributed by atoms with E-state index < -0.39 is 42.2 Å². The SMILES string of the molecule is O=C(N1CC(O)(C2(C(=O)O)CCC2)C1)C(F)(F)F. The molecule has 0 aromatic carbocycles. The monoisotopic (exact) mass is 267 g/mol. The standard InChI is InChI=1S/C10H12F3NO4/c11-10(12,13)6(15)14-4-9(18,5-14)8(7(16)17)2-1-3-8/h18H,1-5H2,(H,16,17). The molecule has 1 amide bonds. The normalized spacial score (nSPS) is 25.0. The lowest BCUT2D eigenvalue weighted by molar-refractivity contribution is -0.235. The third-order valence-electron chi connectivity index (χ3n) is 3.94. The predicted molar refractivity (Wildman–Crippen MR) is 51.5 cm³/mol. The third-order valence-corrected chi connectivity index (χ3v) is 3.94. The Bertz CT molecular complexity index is 396. The summed E-state index contributed by atoms with van der Waals surface area (Å²) in [5, 5.41) is 19.2. The second kappa shape index (κ2) is 3.59. The summed E-state index contributed by atoms with van der Waals surface area (Å²) in [7, 11) is 0. The number of aliphatic carboxylic acids is 1. The topological polar surface area (TPSA) is 77.8 Å². The number of rotatable bonds is 2. The van der Waals surface area contributed by atoms with E-state index in [9.17, 15) is 27.9 Å². The van der Waals surface area contributed by atoms with Crippen LogP contribution in [0.5, 0.6) is 0 Å². The number of hydrogen-bond acceptors (Lipinski definition) is 3. The molecule has 2 N–H and O–H groups in total. The van der Waals surface area contributed by atoms with Gasteiger partial charge >= 0.3 is 18.1 Å². The van der Waals surface area contributed by atoms with Gasteiger partial charge in [0.05, 0.1) is 18.5 Å². The van der Waals surface area contributed by atoms with Crippen LogP contribution < -0.4 is 0 Å². The molecule has 5 nitrogen and oxygen atoms in total. The van der Waals surface area contributed by atoms with E-state index in [1.54, 1.807) is 0 Å². The maximum atomic E-state index is 12.1. The van der Waals surface area contributed by atoms with Crippen molar-refractivity contribution in [3.05, 3.63) is 0 Å². The largest absolute Gasteiger partial charge is 0.481 e. The summed E-state index contributed by atoms with van der Waals surface area (Å²) in [6, 6.07) is 0. The van der Waals surface area contributed by atoms with E-state index >= 15 is 0 Å². The number of β-amino-alcohol motifs (C(OH)–C–C–N with tert-alkyl or cyclic N) is 1. The molecule has 2 fully saturated rings. The first-order valence-electron chi connectivity index (χ1n) is 5.44. The molecule has 0 aromatic rings. The first-order valence-corrected chi connectivity index (χ1v) is 5.44. The molecule has 1 heterocycles. The number of carbonyl (C=O) groups is 2. The van der Waals surface area contributed by atoms with Gasteiger partial charge in [-0.3, -0.25) is 9.59 Å². The smallest absolute Gasteiger partial charge is 0.471 e. The minimum absolute atomic E-state index is 0.229. The molecule has 2 aliphatic rings. The van der Waals surface area contributed by atoms with Crippen LogP contribution in [0.4, 0.5) is 13.2 Å². The van der Waals surface area contributed by atoms with E-state index in [1.807, 2.05) is 0 Å². The fourth-order valence-corrected chi connectivity index (χ4v) is 2.62. The zero-order valence-electron chi connectivity index (χ0n) is 9.33. The number of carbonyl (C=O) groups excluding carboxylic acids is 1. The van der Waals surface area contributed by atoms with Gasteiger partial charge in [0, 0.05) is 0 Å². The lowest BCUT2D eigenvalue weighted by Crippen LogP contribution is -2.75. The molecular formula is C10H12F3NO4. The fourth-order valence-electron chi connectivity index (χ4n) is 2.62. The molecule has 2 rings (SSSR count). The van der Waals surface area contributed by atoms with Crippen LogP contribution in [0.15, 0.2) is 0 Å². The number of hydrogen-bond donors (Lipinski definition) is 2. The van der Waals surface area contributed by atoms with Crippen LogP contribution in [0, 0.1) is 5.41 Å². The van der Waals surface area contributed by atoms with Crippen LogP contribution in [0.1, 0.15) is 19.3 Å². The van der Waals surface area contributed by atoms with Gasteiger partial charge in [0.1, 0.15) is 5.60 Å². The van der Waals surface area contributed by atoms with Crippen LogP contribution in [0.25, 0.3) is 0 Å². The van der Waals surface area contributed by atoms with Crippen LogP contribution in [0.3, 0.4) is 0 Å². The van der Waals surface area contributed by atoms with Crippen molar-refractivity contribution in [3.8, 4) is 0 Å². The Balaban J connectivity index is 2.07. The summed E-state index contributed by atoms with van der Waals surface area (Å²) in [5.41, 5.74) is -3.13. The third kappa shape index (κ3) is 1.58. The second-order valence-electron chi connectivity index (χ2n) is 4.93. The van der Waals surface area contributed by atoms with Gasteiger partial charge in [-0.15, -0.1) is 0 Å². The van der Waals surface area contributed by atoms with Gasteiger partial charge in [-0.2, -0.15) is 13.2 Å². The number of carboxylic acid groups (broad SMARTS) is 1. The average Bonchev–Trinajstić information content (AvgIpc) is 2.08. The highest BCUT2D eigenvalue weighted by Gasteiger charge is 2.66. The Labute approximate surface area is 100 Å². The van der Waals surface area contributed by atoms with Crippen molar-refractivity contribution in [2.45, 2.75) is 31.0 Å². The van der Waals surface area contributed by atoms with E-state index in [1.165, 1.54) is 0 Å². The maximum Gasteiger partial charge on any atom is 0.471 e. The van der Waals surface area contributed by atoms with Gasteiger partial charge in [0.15, 0.2) is 0 Å². The molecule has 0 spiro atoms. The maximum absolute atomic E-state index is 12.1. The van der Waals surface area contributed by atoms with Gasteiger partial charge < -0.3 is 15.1 Å². The summed E-state index contributed by atoms with van der Waals surface area (Å²) in [6.45, 7) is -1.14.